The highest BCUT2D eigenvalue weighted by molar-refractivity contribution is 6.01. The Morgan fingerprint density at radius 3 is 2.67 bits per heavy atom. The van der Waals surface area contributed by atoms with Crippen LogP contribution < -0.4 is 11.0 Å². The number of hydrogen-bond acceptors (Lipinski definition) is 3. The second-order valence-electron chi connectivity index (χ2n) is 3.49. The maximum atomic E-state index is 12.9. The minimum Gasteiger partial charge on any atom is -0.319 e. The molecular weight excluding hydrogens is 246 g/mol. The number of anilines is 1. The fourth-order valence-electron chi connectivity index (χ4n) is 1.27. The highest BCUT2D eigenvalue weighted by Crippen LogP contribution is 2.13. The number of aryl methyl sites for hydroxylation is 1. The smallest absolute Gasteiger partial charge is 0.319 e. The Bertz CT molecular complexity index is 662. The van der Waals surface area contributed by atoms with E-state index in [1.54, 1.807) is 0 Å². The van der Waals surface area contributed by atoms with Crippen LogP contribution >= 0.6 is 0 Å². The molecule has 94 valence electrons. The predicted molar refractivity (Wildman–Crippen MR) is 58.1 cm³/mol. The van der Waals surface area contributed by atoms with Gasteiger partial charge in [-0.1, -0.05) is 0 Å². The summed E-state index contributed by atoms with van der Waals surface area (Å²) in [5.41, 5.74) is -0.490. The molecule has 0 saturated heterocycles. The zero-order valence-corrected chi connectivity index (χ0v) is 9.20. The Morgan fingerprint density at radius 2 is 2.11 bits per heavy atom. The van der Waals surface area contributed by atoms with Crippen molar-refractivity contribution in [3.8, 4) is 0 Å². The molecule has 1 amide bonds. The first kappa shape index (κ1) is 12.0. The third-order valence-electron chi connectivity index (χ3n) is 2.16. The lowest BCUT2D eigenvalue weighted by molar-refractivity contribution is 0.101. The van der Waals surface area contributed by atoms with Crippen LogP contribution in [0.5, 0.6) is 0 Å². The predicted octanol–water partition coefficient (Wildman–Crippen LogP) is 0.639. The fourth-order valence-corrected chi connectivity index (χ4v) is 1.27. The first-order valence-electron chi connectivity index (χ1n) is 4.87. The Labute approximate surface area is 99.2 Å². The molecule has 6 nitrogen and oxygen atoms in total. The van der Waals surface area contributed by atoms with E-state index >= 15 is 0 Å². The van der Waals surface area contributed by atoms with Gasteiger partial charge in [0.1, 0.15) is 0 Å². The summed E-state index contributed by atoms with van der Waals surface area (Å²) < 4.78 is 26.5. The Kier molecular flexibility index (Phi) is 2.92. The topological polar surface area (TPSA) is 79.8 Å². The van der Waals surface area contributed by atoms with Crippen molar-refractivity contribution in [2.75, 3.05) is 5.32 Å². The number of rotatable bonds is 2. The zero-order chi connectivity index (χ0) is 13.3. The largest absolute Gasteiger partial charge is 0.343 e. The van der Waals surface area contributed by atoms with Crippen LogP contribution in [0, 0.1) is 11.6 Å². The first-order valence-corrected chi connectivity index (χ1v) is 4.87. The second kappa shape index (κ2) is 4.40. The number of aromatic nitrogens is 3. The van der Waals surface area contributed by atoms with Crippen LogP contribution in [0.15, 0.2) is 23.0 Å². The van der Waals surface area contributed by atoms with Crippen LogP contribution in [0.1, 0.15) is 10.6 Å². The molecule has 0 radical (unpaired) electrons. The molecule has 1 heterocycles. The van der Waals surface area contributed by atoms with Crippen LogP contribution in [0.2, 0.25) is 0 Å². The van der Waals surface area contributed by atoms with E-state index in [0.29, 0.717) is 0 Å². The van der Waals surface area contributed by atoms with E-state index in [4.69, 9.17) is 0 Å². The van der Waals surface area contributed by atoms with E-state index in [1.165, 1.54) is 13.1 Å². The van der Waals surface area contributed by atoms with Crippen molar-refractivity contribution in [1.82, 2.24) is 14.8 Å². The highest BCUT2D eigenvalue weighted by atomic mass is 19.2. The van der Waals surface area contributed by atoms with E-state index in [1.807, 2.05) is 0 Å². The van der Waals surface area contributed by atoms with Gasteiger partial charge < -0.3 is 5.32 Å². The fraction of sp³-hybridized carbons (Fsp3) is 0.100. The molecule has 0 aliphatic rings. The second-order valence-corrected chi connectivity index (χ2v) is 3.49. The Morgan fingerprint density at radius 1 is 1.39 bits per heavy atom. The molecule has 0 aliphatic carbocycles. The molecule has 0 atom stereocenters. The number of nitrogens with zero attached hydrogens (tertiary/aromatic N) is 2. The minimum absolute atomic E-state index is 0.0606. The SMILES string of the molecule is Cn1nc(C(=O)Nc2ccc(F)c(F)c2)[nH]c1=O. The van der Waals surface area contributed by atoms with Crippen LogP contribution in [-0.4, -0.2) is 20.7 Å². The number of hydrogen-bond donors (Lipinski definition) is 2. The van der Waals surface area contributed by atoms with Crippen molar-refractivity contribution in [3.63, 3.8) is 0 Å². The molecular formula is C10H8F2N4O2. The van der Waals surface area contributed by atoms with E-state index in [0.717, 1.165) is 16.8 Å². The van der Waals surface area contributed by atoms with Gasteiger partial charge in [-0.3, -0.25) is 9.78 Å². The molecule has 0 bridgehead atoms. The number of benzene rings is 1. The summed E-state index contributed by atoms with van der Waals surface area (Å²) in [7, 11) is 1.37. The van der Waals surface area contributed by atoms with E-state index in [9.17, 15) is 18.4 Å². The van der Waals surface area contributed by atoms with E-state index in [-0.39, 0.29) is 11.5 Å². The lowest BCUT2D eigenvalue weighted by Gasteiger charge is -2.02. The van der Waals surface area contributed by atoms with Crippen molar-refractivity contribution in [3.05, 3.63) is 46.1 Å². The van der Waals surface area contributed by atoms with Gasteiger partial charge in [-0.05, 0) is 12.1 Å². The van der Waals surface area contributed by atoms with Gasteiger partial charge in [-0.2, -0.15) is 0 Å². The average molecular weight is 254 g/mol. The van der Waals surface area contributed by atoms with Gasteiger partial charge in [0.25, 0.3) is 5.91 Å². The number of amides is 1. The van der Waals surface area contributed by atoms with Crippen molar-refractivity contribution < 1.29 is 13.6 Å². The molecule has 18 heavy (non-hydrogen) atoms. The molecule has 0 fully saturated rings. The molecule has 8 heteroatoms. The third-order valence-corrected chi connectivity index (χ3v) is 2.16. The lowest BCUT2D eigenvalue weighted by Crippen LogP contribution is -2.15. The van der Waals surface area contributed by atoms with Gasteiger partial charge in [0.2, 0.25) is 5.82 Å². The lowest BCUT2D eigenvalue weighted by atomic mass is 10.3. The standard InChI is InChI=1S/C10H8F2N4O2/c1-16-10(18)14-8(15-16)9(17)13-5-2-3-6(11)7(12)4-5/h2-4H,1H3,(H,13,17)(H,14,15,18). The molecule has 2 aromatic rings. The van der Waals surface area contributed by atoms with Crippen LogP contribution in [-0.2, 0) is 7.05 Å². The number of nitrogens with one attached hydrogen (secondary N) is 2. The summed E-state index contributed by atoms with van der Waals surface area (Å²) in [6.07, 6.45) is 0. The van der Waals surface area contributed by atoms with Crippen molar-refractivity contribution in [1.29, 1.82) is 0 Å². The number of carbonyl (C=O) groups excluding carboxylic acids is 1. The molecule has 2 N–H and O–H groups in total. The molecule has 0 aliphatic heterocycles. The summed E-state index contributed by atoms with van der Waals surface area (Å²) >= 11 is 0. The molecule has 0 unspecified atom stereocenters. The van der Waals surface area contributed by atoms with Crippen LogP contribution in [0.25, 0.3) is 0 Å². The average Bonchev–Trinajstić information content (AvgIpc) is 2.65. The molecule has 0 saturated carbocycles. The van der Waals surface area contributed by atoms with Gasteiger partial charge in [0.15, 0.2) is 11.6 Å². The van der Waals surface area contributed by atoms with Crippen molar-refractivity contribution >= 4 is 11.6 Å². The summed E-state index contributed by atoms with van der Waals surface area (Å²) in [5.74, 6) is -3.03. The molecule has 2 rings (SSSR count). The number of carbonyl (C=O) groups is 1. The van der Waals surface area contributed by atoms with Crippen LogP contribution in [0.3, 0.4) is 0 Å². The van der Waals surface area contributed by atoms with Gasteiger partial charge in [0.05, 0.1) is 0 Å². The minimum atomic E-state index is -1.08. The number of aromatic amines is 1. The van der Waals surface area contributed by atoms with Gasteiger partial charge >= 0.3 is 5.69 Å². The van der Waals surface area contributed by atoms with Gasteiger partial charge in [-0.15, -0.1) is 5.10 Å². The monoisotopic (exact) mass is 254 g/mol. The van der Waals surface area contributed by atoms with E-state index in [2.05, 4.69) is 15.4 Å². The van der Waals surface area contributed by atoms with Crippen LogP contribution in [0.4, 0.5) is 14.5 Å². The number of halogens is 2. The third kappa shape index (κ3) is 2.26. The molecule has 1 aromatic carbocycles. The first-order chi connectivity index (χ1) is 8.47. The molecule has 1 aromatic heterocycles. The Hall–Kier alpha value is -2.51. The maximum Gasteiger partial charge on any atom is 0.343 e. The van der Waals surface area contributed by atoms with Crippen molar-refractivity contribution in [2.45, 2.75) is 0 Å². The summed E-state index contributed by atoms with van der Waals surface area (Å²) in [6.45, 7) is 0. The van der Waals surface area contributed by atoms with Gasteiger partial charge in [-0.25, -0.2) is 18.3 Å². The summed E-state index contributed by atoms with van der Waals surface area (Å²) in [5, 5.41) is 5.89. The summed E-state index contributed by atoms with van der Waals surface area (Å²) in [6, 6.07) is 2.90. The zero-order valence-electron chi connectivity index (χ0n) is 9.20. The quantitative estimate of drug-likeness (QED) is 0.825. The normalized spacial score (nSPS) is 10.4. The Balaban J connectivity index is 2.21. The summed E-state index contributed by atoms with van der Waals surface area (Å²) in [4.78, 5) is 24.9. The maximum absolute atomic E-state index is 12.9. The highest BCUT2D eigenvalue weighted by Gasteiger charge is 2.12. The number of H-pyrrole nitrogens is 1. The van der Waals surface area contributed by atoms with Crippen molar-refractivity contribution in [2.24, 2.45) is 7.05 Å². The van der Waals surface area contributed by atoms with Gasteiger partial charge in [0, 0.05) is 18.8 Å². The molecule has 0 spiro atoms. The van der Waals surface area contributed by atoms with E-state index < -0.39 is 23.2 Å².